The van der Waals surface area contributed by atoms with E-state index in [1.165, 1.54) is 18.2 Å². The number of hydrogen-bond acceptors (Lipinski definition) is 4. The molecule has 2 atom stereocenters. The second kappa shape index (κ2) is 7.14. The molecule has 6 heteroatoms. The van der Waals surface area contributed by atoms with Crippen molar-refractivity contribution >= 4 is 40.4 Å². The number of halogens is 1. The molecule has 0 radical (unpaired) electrons. The van der Waals surface area contributed by atoms with Crippen LogP contribution >= 0.6 is 23.4 Å². The zero-order valence-electron chi connectivity index (χ0n) is 13.4. The molecule has 4 nitrogen and oxygen atoms in total. The van der Waals surface area contributed by atoms with Crippen molar-refractivity contribution in [2.45, 2.75) is 56.0 Å². The molecule has 1 aromatic carbocycles. The van der Waals surface area contributed by atoms with Gasteiger partial charge >= 0.3 is 0 Å². The Kier molecular flexibility index (Phi) is 5.17. The fourth-order valence-electron chi connectivity index (χ4n) is 3.08. The van der Waals surface area contributed by atoms with E-state index in [0.29, 0.717) is 21.9 Å². The first kappa shape index (κ1) is 16.7. The van der Waals surface area contributed by atoms with Crippen molar-refractivity contribution in [2.24, 2.45) is 0 Å². The maximum absolute atomic E-state index is 12.8. The van der Waals surface area contributed by atoms with E-state index < -0.39 is 0 Å². The fourth-order valence-corrected chi connectivity index (χ4v) is 4.07. The summed E-state index contributed by atoms with van der Waals surface area (Å²) >= 11 is 7.35. The second-order valence-corrected chi connectivity index (χ2v) is 7.67. The molecular weight excluding hydrogens is 332 g/mol. The standard InChI is InChI=1S/C17H21ClN2O2S/c1-3-13-6-4-5-9-20(13)16(21)11(2)23-17-19-14-10-12(18)7-8-15(14)22-17/h7-8,10-11,13H,3-6,9H2,1-2H3. The van der Waals surface area contributed by atoms with Crippen molar-refractivity contribution in [3.05, 3.63) is 23.2 Å². The summed E-state index contributed by atoms with van der Waals surface area (Å²) in [4.78, 5) is 19.2. The number of oxazole rings is 1. The summed E-state index contributed by atoms with van der Waals surface area (Å²) in [6.07, 6.45) is 4.45. The Morgan fingerprint density at radius 1 is 1.52 bits per heavy atom. The van der Waals surface area contributed by atoms with Crippen LogP contribution in [0, 0.1) is 0 Å². The molecule has 0 aliphatic carbocycles. The van der Waals surface area contributed by atoms with Crippen LogP contribution in [0.25, 0.3) is 11.1 Å². The molecular formula is C17H21ClN2O2S. The van der Waals surface area contributed by atoms with Gasteiger partial charge in [0.25, 0.3) is 5.22 Å². The van der Waals surface area contributed by atoms with Crippen molar-refractivity contribution in [3.63, 3.8) is 0 Å². The molecule has 1 fully saturated rings. The summed E-state index contributed by atoms with van der Waals surface area (Å²) < 4.78 is 5.71. The third kappa shape index (κ3) is 3.66. The van der Waals surface area contributed by atoms with Gasteiger partial charge in [0, 0.05) is 17.6 Å². The largest absolute Gasteiger partial charge is 0.431 e. The normalized spacial score (nSPS) is 20.0. The zero-order chi connectivity index (χ0) is 16.4. The predicted molar refractivity (Wildman–Crippen MR) is 94.0 cm³/mol. The molecule has 3 rings (SSSR count). The Hall–Kier alpha value is -1.20. The third-order valence-corrected chi connectivity index (χ3v) is 5.50. The van der Waals surface area contributed by atoms with Crippen molar-refractivity contribution in [1.82, 2.24) is 9.88 Å². The third-order valence-electron chi connectivity index (χ3n) is 4.34. The molecule has 23 heavy (non-hydrogen) atoms. The van der Waals surface area contributed by atoms with Crippen molar-refractivity contribution in [3.8, 4) is 0 Å². The minimum absolute atomic E-state index is 0.182. The van der Waals surface area contributed by atoms with Gasteiger partial charge in [-0.25, -0.2) is 4.98 Å². The van der Waals surface area contributed by atoms with Crippen molar-refractivity contribution < 1.29 is 9.21 Å². The number of amides is 1. The fraction of sp³-hybridized carbons (Fsp3) is 0.529. The monoisotopic (exact) mass is 352 g/mol. The van der Waals surface area contributed by atoms with Gasteiger partial charge in [0.15, 0.2) is 5.58 Å². The lowest BCUT2D eigenvalue weighted by molar-refractivity contribution is -0.134. The molecule has 2 aromatic rings. The second-order valence-electron chi connectivity index (χ2n) is 5.94. The number of likely N-dealkylation sites (tertiary alicyclic amines) is 1. The Morgan fingerprint density at radius 3 is 3.13 bits per heavy atom. The van der Waals surface area contributed by atoms with Gasteiger partial charge in [0.2, 0.25) is 5.91 Å². The highest BCUT2D eigenvalue weighted by Gasteiger charge is 2.29. The van der Waals surface area contributed by atoms with Crippen LogP contribution < -0.4 is 0 Å². The van der Waals surface area contributed by atoms with Crippen LogP contribution in [0.15, 0.2) is 27.8 Å². The quantitative estimate of drug-likeness (QED) is 0.745. The van der Waals surface area contributed by atoms with E-state index in [4.69, 9.17) is 16.0 Å². The molecule has 1 saturated heterocycles. The van der Waals surface area contributed by atoms with Gasteiger partial charge in [-0.1, -0.05) is 30.3 Å². The van der Waals surface area contributed by atoms with Crippen LogP contribution in [-0.2, 0) is 4.79 Å². The number of fused-ring (bicyclic) bond motifs is 1. The van der Waals surface area contributed by atoms with Gasteiger partial charge in [0.05, 0.1) is 5.25 Å². The first-order valence-corrected chi connectivity index (χ1v) is 9.37. The van der Waals surface area contributed by atoms with Crippen molar-refractivity contribution in [1.29, 1.82) is 0 Å². The lowest BCUT2D eigenvalue weighted by Crippen LogP contribution is -2.46. The number of aromatic nitrogens is 1. The molecule has 0 spiro atoms. The molecule has 124 valence electrons. The average Bonchev–Trinajstić information content (AvgIpc) is 2.95. The van der Waals surface area contributed by atoms with Gasteiger partial charge < -0.3 is 9.32 Å². The Balaban J connectivity index is 1.71. The number of piperidine rings is 1. The van der Waals surface area contributed by atoms with E-state index in [1.807, 2.05) is 11.8 Å². The van der Waals surface area contributed by atoms with Crippen molar-refractivity contribution in [2.75, 3.05) is 6.54 Å². The molecule has 1 aliphatic heterocycles. The van der Waals surface area contributed by atoms with E-state index >= 15 is 0 Å². The van der Waals surface area contributed by atoms with Crippen LogP contribution in [0.1, 0.15) is 39.5 Å². The molecule has 2 heterocycles. The highest BCUT2D eigenvalue weighted by molar-refractivity contribution is 8.00. The van der Waals surface area contributed by atoms with Crippen LogP contribution in [-0.4, -0.2) is 33.6 Å². The number of thioether (sulfide) groups is 1. The minimum atomic E-state index is -0.203. The highest BCUT2D eigenvalue weighted by Crippen LogP contribution is 2.30. The summed E-state index contributed by atoms with van der Waals surface area (Å²) in [6.45, 7) is 4.94. The van der Waals surface area contributed by atoms with Gasteiger partial charge in [0.1, 0.15) is 5.52 Å². The van der Waals surface area contributed by atoms with Gasteiger partial charge in [-0.2, -0.15) is 0 Å². The first-order chi connectivity index (χ1) is 11.1. The van der Waals surface area contributed by atoms with E-state index in [1.54, 1.807) is 18.2 Å². The van der Waals surface area contributed by atoms with Crippen LogP contribution in [0.5, 0.6) is 0 Å². The molecule has 1 aliphatic rings. The predicted octanol–water partition coefficient (Wildman–Crippen LogP) is 4.75. The number of nitrogens with zero attached hydrogens (tertiary/aromatic N) is 2. The number of rotatable bonds is 4. The highest BCUT2D eigenvalue weighted by atomic mass is 35.5. The number of benzene rings is 1. The first-order valence-electron chi connectivity index (χ1n) is 8.11. The molecule has 0 N–H and O–H groups in total. The number of carbonyl (C=O) groups excluding carboxylic acids is 1. The molecule has 1 amide bonds. The molecule has 0 saturated carbocycles. The van der Waals surface area contributed by atoms with Gasteiger partial charge in [-0.15, -0.1) is 0 Å². The van der Waals surface area contributed by atoms with E-state index in [0.717, 1.165) is 31.3 Å². The minimum Gasteiger partial charge on any atom is -0.431 e. The van der Waals surface area contributed by atoms with E-state index in [2.05, 4.69) is 11.9 Å². The maximum Gasteiger partial charge on any atom is 0.257 e. The smallest absolute Gasteiger partial charge is 0.257 e. The molecule has 2 unspecified atom stereocenters. The Bertz CT molecular complexity index is 703. The summed E-state index contributed by atoms with van der Waals surface area (Å²) in [5.41, 5.74) is 1.42. The van der Waals surface area contributed by atoms with Crippen LogP contribution in [0.2, 0.25) is 5.02 Å². The van der Waals surface area contributed by atoms with Gasteiger partial charge in [-0.3, -0.25) is 4.79 Å². The Morgan fingerprint density at radius 2 is 2.35 bits per heavy atom. The molecule has 0 bridgehead atoms. The molecule has 1 aromatic heterocycles. The summed E-state index contributed by atoms with van der Waals surface area (Å²) in [5, 5.41) is 0.949. The number of hydrogen-bond donors (Lipinski definition) is 0. The zero-order valence-corrected chi connectivity index (χ0v) is 15.0. The van der Waals surface area contributed by atoms with Gasteiger partial charge in [-0.05, 0) is 50.8 Å². The van der Waals surface area contributed by atoms with E-state index in [-0.39, 0.29) is 11.2 Å². The van der Waals surface area contributed by atoms with E-state index in [9.17, 15) is 4.79 Å². The average molecular weight is 353 g/mol. The topological polar surface area (TPSA) is 46.3 Å². The summed E-state index contributed by atoms with van der Waals surface area (Å²) in [6, 6.07) is 5.73. The van der Waals surface area contributed by atoms with Crippen LogP contribution in [0.4, 0.5) is 0 Å². The summed E-state index contributed by atoms with van der Waals surface area (Å²) in [7, 11) is 0. The van der Waals surface area contributed by atoms with Crippen LogP contribution in [0.3, 0.4) is 0 Å². The maximum atomic E-state index is 12.8. The Labute approximate surface area is 145 Å². The summed E-state index contributed by atoms with van der Waals surface area (Å²) in [5.74, 6) is 0.182. The number of carbonyl (C=O) groups is 1. The SMILES string of the molecule is CCC1CCCCN1C(=O)C(C)Sc1nc2cc(Cl)ccc2o1. The lowest BCUT2D eigenvalue weighted by atomic mass is 10.00. The lowest BCUT2D eigenvalue weighted by Gasteiger charge is -2.36.